The summed E-state index contributed by atoms with van der Waals surface area (Å²) >= 11 is 0. The molecule has 0 saturated carbocycles. The van der Waals surface area contributed by atoms with E-state index < -0.39 is 11.9 Å². The number of carbonyl (C=O) groups excluding carboxylic acids is 3. The summed E-state index contributed by atoms with van der Waals surface area (Å²) < 4.78 is 2.03. The van der Waals surface area contributed by atoms with Gasteiger partial charge in [-0.25, -0.2) is 4.98 Å². The van der Waals surface area contributed by atoms with Crippen LogP contribution in [0, 0.1) is 0 Å². The van der Waals surface area contributed by atoms with Crippen LogP contribution >= 0.6 is 0 Å². The third kappa shape index (κ3) is 2.90. The van der Waals surface area contributed by atoms with Gasteiger partial charge in [-0.1, -0.05) is 36.4 Å². The molecule has 0 bridgehead atoms. The minimum Gasteiger partial charge on any atom is -0.327 e. The van der Waals surface area contributed by atoms with E-state index in [0.29, 0.717) is 18.5 Å². The molecule has 7 heteroatoms. The second kappa shape index (κ2) is 6.95. The number of carbonyl (C=O) groups is 3. The highest BCUT2D eigenvalue weighted by molar-refractivity contribution is 6.05. The molecule has 1 atom stereocenters. The lowest BCUT2D eigenvalue weighted by Gasteiger charge is -2.29. The van der Waals surface area contributed by atoms with E-state index in [1.807, 2.05) is 60.3 Å². The van der Waals surface area contributed by atoms with E-state index in [9.17, 15) is 14.4 Å². The number of piperidine rings is 1. The fourth-order valence-electron chi connectivity index (χ4n) is 4.27. The number of nitrogens with zero attached hydrogens (tertiary/aromatic N) is 3. The van der Waals surface area contributed by atoms with E-state index in [1.165, 1.54) is 0 Å². The highest BCUT2D eigenvalue weighted by atomic mass is 16.2. The van der Waals surface area contributed by atoms with Gasteiger partial charge < -0.3 is 9.47 Å². The smallest absolute Gasteiger partial charge is 0.255 e. The lowest BCUT2D eigenvalue weighted by Crippen LogP contribution is -2.52. The number of rotatable bonds is 3. The summed E-state index contributed by atoms with van der Waals surface area (Å²) in [5, 5.41) is 2.33. The zero-order valence-corrected chi connectivity index (χ0v) is 16.5. The van der Waals surface area contributed by atoms with Crippen LogP contribution in [0.15, 0.2) is 54.7 Å². The fourth-order valence-corrected chi connectivity index (χ4v) is 4.27. The number of fused-ring (bicyclic) bond motifs is 1. The third-order valence-electron chi connectivity index (χ3n) is 5.84. The lowest BCUT2D eigenvalue weighted by atomic mass is 10.0. The van der Waals surface area contributed by atoms with Crippen molar-refractivity contribution in [2.45, 2.75) is 25.4 Å². The molecule has 1 aromatic heterocycles. The molecule has 2 aliphatic rings. The molecule has 0 radical (unpaired) electrons. The third-order valence-corrected chi connectivity index (χ3v) is 5.84. The van der Waals surface area contributed by atoms with Crippen molar-refractivity contribution in [3.8, 4) is 22.6 Å². The molecule has 3 aromatic rings. The summed E-state index contributed by atoms with van der Waals surface area (Å²) in [4.78, 5) is 42.7. The number of hydrogen-bond acceptors (Lipinski definition) is 4. The van der Waals surface area contributed by atoms with Crippen molar-refractivity contribution in [3.05, 3.63) is 65.9 Å². The van der Waals surface area contributed by atoms with Gasteiger partial charge in [0.2, 0.25) is 11.8 Å². The van der Waals surface area contributed by atoms with Gasteiger partial charge >= 0.3 is 0 Å². The first-order chi connectivity index (χ1) is 14.5. The maximum atomic E-state index is 12.9. The summed E-state index contributed by atoms with van der Waals surface area (Å²) in [7, 11) is 1.97. The first-order valence-corrected chi connectivity index (χ1v) is 9.88. The number of aromatic nitrogens is 2. The molecule has 7 nitrogen and oxygen atoms in total. The first-order valence-electron chi connectivity index (χ1n) is 9.88. The van der Waals surface area contributed by atoms with E-state index in [1.54, 1.807) is 11.0 Å². The molecule has 30 heavy (non-hydrogen) atoms. The van der Waals surface area contributed by atoms with Gasteiger partial charge in [0.15, 0.2) is 0 Å². The Labute approximate surface area is 173 Å². The van der Waals surface area contributed by atoms with Gasteiger partial charge in [0, 0.05) is 31.1 Å². The summed E-state index contributed by atoms with van der Waals surface area (Å²) in [6, 6.07) is 15.1. The zero-order chi connectivity index (χ0) is 20.8. The molecule has 3 amide bonds. The molecule has 1 saturated heterocycles. The summed E-state index contributed by atoms with van der Waals surface area (Å²) in [5.74, 6) is -0.0460. The molecule has 2 aromatic carbocycles. The summed E-state index contributed by atoms with van der Waals surface area (Å²) in [6.07, 6.45) is 2.45. The molecule has 0 aliphatic carbocycles. The van der Waals surface area contributed by atoms with E-state index >= 15 is 0 Å². The predicted octanol–water partition coefficient (Wildman–Crippen LogP) is 2.52. The van der Waals surface area contributed by atoms with Crippen LogP contribution in [-0.4, -0.2) is 38.2 Å². The Balaban J connectivity index is 1.45. The van der Waals surface area contributed by atoms with Gasteiger partial charge in [0.1, 0.15) is 11.9 Å². The average Bonchev–Trinajstić information content (AvgIpc) is 3.28. The number of nitrogens with one attached hydrogen (secondary N) is 1. The Bertz CT molecular complexity index is 1180. The highest BCUT2D eigenvalue weighted by Crippen LogP contribution is 2.32. The van der Waals surface area contributed by atoms with Crippen molar-refractivity contribution in [2.75, 3.05) is 0 Å². The minimum atomic E-state index is -0.608. The number of imidazole rings is 1. The molecule has 3 heterocycles. The van der Waals surface area contributed by atoms with E-state index in [4.69, 9.17) is 0 Å². The quantitative estimate of drug-likeness (QED) is 0.685. The van der Waals surface area contributed by atoms with Crippen molar-refractivity contribution in [1.29, 1.82) is 0 Å². The Morgan fingerprint density at radius 3 is 2.60 bits per heavy atom. The normalized spacial score (nSPS) is 18.5. The SMILES string of the molecule is Cn1c(-c2ccccc2)cnc1-c1ccc2c(c1)CN(C1CCC(=O)NC1=O)C2=O. The number of hydrogen-bond donors (Lipinski definition) is 1. The van der Waals surface area contributed by atoms with Crippen LogP contribution in [0.2, 0.25) is 0 Å². The van der Waals surface area contributed by atoms with Gasteiger partial charge in [0.25, 0.3) is 5.91 Å². The number of amides is 3. The van der Waals surface area contributed by atoms with E-state index in [2.05, 4.69) is 10.3 Å². The number of benzene rings is 2. The van der Waals surface area contributed by atoms with Crippen LogP contribution in [0.1, 0.15) is 28.8 Å². The molecule has 150 valence electrons. The maximum absolute atomic E-state index is 12.9. The van der Waals surface area contributed by atoms with Crippen molar-refractivity contribution in [3.63, 3.8) is 0 Å². The predicted molar refractivity (Wildman–Crippen MR) is 110 cm³/mol. The van der Waals surface area contributed by atoms with Crippen molar-refractivity contribution in [1.82, 2.24) is 19.8 Å². The minimum absolute atomic E-state index is 0.170. The lowest BCUT2D eigenvalue weighted by molar-refractivity contribution is -0.136. The standard InChI is InChI=1S/C23H20N4O3/c1-26-19(14-5-3-2-4-6-14)12-24-21(26)15-7-8-17-16(11-15)13-27(23(17)30)18-9-10-20(28)25-22(18)29/h2-8,11-12,18H,9-10,13H2,1H3,(H,25,28,29). The van der Waals surface area contributed by atoms with Gasteiger partial charge in [-0.15, -0.1) is 0 Å². The van der Waals surface area contributed by atoms with Crippen LogP contribution in [-0.2, 0) is 23.2 Å². The van der Waals surface area contributed by atoms with Gasteiger partial charge in [-0.3, -0.25) is 19.7 Å². The van der Waals surface area contributed by atoms with E-state index in [-0.39, 0.29) is 18.2 Å². The van der Waals surface area contributed by atoms with E-state index in [0.717, 1.165) is 28.2 Å². The Hall–Kier alpha value is -3.74. The molecule has 1 N–H and O–H groups in total. The van der Waals surface area contributed by atoms with Gasteiger partial charge in [0.05, 0.1) is 11.9 Å². The molecule has 1 fully saturated rings. The van der Waals surface area contributed by atoms with Gasteiger partial charge in [-0.2, -0.15) is 0 Å². The van der Waals surface area contributed by atoms with Crippen molar-refractivity contribution >= 4 is 17.7 Å². The van der Waals surface area contributed by atoms with Crippen molar-refractivity contribution in [2.24, 2.45) is 7.05 Å². The van der Waals surface area contributed by atoms with Crippen molar-refractivity contribution < 1.29 is 14.4 Å². The Morgan fingerprint density at radius 2 is 1.83 bits per heavy atom. The topological polar surface area (TPSA) is 84.3 Å². The average molecular weight is 400 g/mol. The second-order valence-corrected chi connectivity index (χ2v) is 7.66. The van der Waals surface area contributed by atoms with Crippen LogP contribution in [0.3, 0.4) is 0 Å². The zero-order valence-electron chi connectivity index (χ0n) is 16.5. The van der Waals surface area contributed by atoms with Crippen LogP contribution in [0.5, 0.6) is 0 Å². The number of imide groups is 1. The second-order valence-electron chi connectivity index (χ2n) is 7.66. The van der Waals surface area contributed by atoms with Crippen LogP contribution in [0.25, 0.3) is 22.6 Å². The van der Waals surface area contributed by atoms with Crippen LogP contribution in [0.4, 0.5) is 0 Å². The van der Waals surface area contributed by atoms with Gasteiger partial charge in [-0.05, 0) is 29.7 Å². The summed E-state index contributed by atoms with van der Waals surface area (Å²) in [6.45, 7) is 0.351. The highest BCUT2D eigenvalue weighted by Gasteiger charge is 2.39. The van der Waals surface area contributed by atoms with Crippen LogP contribution < -0.4 is 5.32 Å². The first kappa shape index (κ1) is 18.3. The maximum Gasteiger partial charge on any atom is 0.255 e. The monoisotopic (exact) mass is 400 g/mol. The summed E-state index contributed by atoms with van der Waals surface area (Å²) in [5.41, 5.74) is 4.47. The molecule has 1 unspecified atom stereocenters. The molecule has 2 aliphatic heterocycles. The Kier molecular flexibility index (Phi) is 4.24. The Morgan fingerprint density at radius 1 is 1.03 bits per heavy atom. The fraction of sp³-hybridized carbons (Fsp3) is 0.217. The molecule has 0 spiro atoms. The molecular formula is C23H20N4O3. The molecule has 5 rings (SSSR count). The largest absolute Gasteiger partial charge is 0.327 e. The molecular weight excluding hydrogens is 380 g/mol.